The van der Waals surface area contributed by atoms with Gasteiger partial charge in [-0.05, 0) is 6.42 Å². The number of nitrogens with one attached hydrogen (secondary N) is 2. The third-order valence-electron chi connectivity index (χ3n) is 5.48. The SMILES string of the molecule is CCCCCCCCCCCCCCCCCC(=O)NC1CN=C(CC)N1. The fourth-order valence-corrected chi connectivity index (χ4v) is 3.71. The first-order valence-corrected chi connectivity index (χ1v) is 11.9. The number of hydrogen-bond donors (Lipinski definition) is 2. The van der Waals surface area contributed by atoms with Gasteiger partial charge in [-0.1, -0.05) is 104 Å². The molecule has 4 nitrogen and oxygen atoms in total. The van der Waals surface area contributed by atoms with E-state index in [1.165, 1.54) is 89.9 Å². The largest absolute Gasteiger partial charge is 0.352 e. The minimum Gasteiger partial charge on any atom is -0.352 e. The Balaban J connectivity index is 1.76. The van der Waals surface area contributed by atoms with Crippen LogP contribution in [0.2, 0.25) is 0 Å². The molecule has 1 unspecified atom stereocenters. The van der Waals surface area contributed by atoms with Crippen LogP contribution in [0.15, 0.2) is 4.99 Å². The van der Waals surface area contributed by atoms with Gasteiger partial charge in [-0.15, -0.1) is 0 Å². The quantitative estimate of drug-likeness (QED) is 0.283. The molecule has 158 valence electrons. The molecule has 0 aliphatic carbocycles. The summed E-state index contributed by atoms with van der Waals surface area (Å²) in [5.74, 6) is 1.17. The maximum Gasteiger partial charge on any atom is 0.221 e. The highest BCUT2D eigenvalue weighted by Gasteiger charge is 2.17. The molecular weight excluding hydrogens is 334 g/mol. The Bertz CT molecular complexity index is 395. The van der Waals surface area contributed by atoms with Crippen LogP contribution in [0.5, 0.6) is 0 Å². The smallest absolute Gasteiger partial charge is 0.221 e. The molecule has 1 atom stereocenters. The van der Waals surface area contributed by atoms with Crippen molar-refractivity contribution in [3.8, 4) is 0 Å². The molecule has 0 fully saturated rings. The molecule has 0 aromatic carbocycles. The van der Waals surface area contributed by atoms with E-state index in [2.05, 4.69) is 29.5 Å². The van der Waals surface area contributed by atoms with Crippen molar-refractivity contribution >= 4 is 11.7 Å². The van der Waals surface area contributed by atoms with Crippen LogP contribution in [0.25, 0.3) is 0 Å². The number of amidine groups is 1. The Morgan fingerprint density at radius 2 is 1.33 bits per heavy atom. The van der Waals surface area contributed by atoms with Crippen LogP contribution < -0.4 is 10.6 Å². The molecule has 0 aromatic rings. The van der Waals surface area contributed by atoms with Crippen LogP contribution in [0.3, 0.4) is 0 Å². The average molecular weight is 380 g/mol. The van der Waals surface area contributed by atoms with Crippen LogP contribution >= 0.6 is 0 Å². The summed E-state index contributed by atoms with van der Waals surface area (Å²) >= 11 is 0. The van der Waals surface area contributed by atoms with Crippen molar-refractivity contribution in [1.29, 1.82) is 0 Å². The van der Waals surface area contributed by atoms with Gasteiger partial charge in [0.25, 0.3) is 0 Å². The van der Waals surface area contributed by atoms with Crippen LogP contribution in [-0.2, 0) is 4.79 Å². The van der Waals surface area contributed by atoms with Crippen LogP contribution in [0.1, 0.15) is 123 Å². The monoisotopic (exact) mass is 379 g/mol. The number of aliphatic imine (C=N–C) groups is 1. The van der Waals surface area contributed by atoms with Crippen molar-refractivity contribution in [2.24, 2.45) is 4.99 Å². The predicted octanol–water partition coefficient (Wildman–Crippen LogP) is 6.10. The molecule has 1 rings (SSSR count). The van der Waals surface area contributed by atoms with Gasteiger partial charge in [-0.3, -0.25) is 9.79 Å². The molecule has 27 heavy (non-hydrogen) atoms. The molecule has 0 saturated carbocycles. The Morgan fingerprint density at radius 3 is 1.78 bits per heavy atom. The zero-order chi connectivity index (χ0) is 19.6. The van der Waals surface area contributed by atoms with Crippen molar-refractivity contribution in [3.05, 3.63) is 0 Å². The van der Waals surface area contributed by atoms with Gasteiger partial charge >= 0.3 is 0 Å². The first kappa shape index (κ1) is 24.0. The second kappa shape index (κ2) is 17.1. The summed E-state index contributed by atoms with van der Waals surface area (Å²) in [4.78, 5) is 16.3. The summed E-state index contributed by atoms with van der Waals surface area (Å²) < 4.78 is 0. The molecule has 0 saturated heterocycles. The summed E-state index contributed by atoms with van der Waals surface area (Å²) in [6.07, 6.45) is 21.9. The molecule has 4 heteroatoms. The molecule has 0 radical (unpaired) electrons. The third kappa shape index (κ3) is 13.7. The summed E-state index contributed by atoms with van der Waals surface area (Å²) in [6.45, 7) is 5.03. The fraction of sp³-hybridized carbons (Fsp3) is 0.913. The van der Waals surface area contributed by atoms with Crippen molar-refractivity contribution in [3.63, 3.8) is 0 Å². The zero-order valence-electron chi connectivity index (χ0n) is 18.2. The Kier molecular flexibility index (Phi) is 15.2. The van der Waals surface area contributed by atoms with Gasteiger partial charge in [0.2, 0.25) is 5.91 Å². The summed E-state index contributed by atoms with van der Waals surface area (Å²) in [6, 6.07) is 0. The average Bonchev–Trinajstić information content (AvgIpc) is 3.12. The van der Waals surface area contributed by atoms with E-state index in [0.29, 0.717) is 13.0 Å². The fourth-order valence-electron chi connectivity index (χ4n) is 3.71. The lowest BCUT2D eigenvalue weighted by molar-refractivity contribution is -0.121. The van der Waals surface area contributed by atoms with Gasteiger partial charge in [-0.25, -0.2) is 0 Å². The molecule has 0 aromatic heterocycles. The van der Waals surface area contributed by atoms with E-state index in [4.69, 9.17) is 0 Å². The van der Waals surface area contributed by atoms with E-state index in [1.54, 1.807) is 0 Å². The molecule has 2 N–H and O–H groups in total. The third-order valence-corrected chi connectivity index (χ3v) is 5.48. The standard InChI is InChI=1S/C23H45N3O/c1-3-5-6-7-8-9-10-11-12-13-14-15-16-17-18-19-23(27)26-22-20-24-21(4-2)25-22/h22H,3-20H2,1-2H3,(H,24,25)(H,26,27). The molecule has 1 heterocycles. The highest BCUT2D eigenvalue weighted by Crippen LogP contribution is 2.13. The van der Waals surface area contributed by atoms with E-state index >= 15 is 0 Å². The molecule has 1 aliphatic heterocycles. The topological polar surface area (TPSA) is 53.5 Å². The number of hydrogen-bond acceptors (Lipinski definition) is 3. The Morgan fingerprint density at radius 1 is 0.852 bits per heavy atom. The summed E-state index contributed by atoms with van der Waals surface area (Å²) in [5, 5.41) is 6.27. The second-order valence-corrected chi connectivity index (χ2v) is 8.11. The highest BCUT2D eigenvalue weighted by atomic mass is 16.1. The van der Waals surface area contributed by atoms with Crippen molar-refractivity contribution in [2.75, 3.05) is 6.54 Å². The lowest BCUT2D eigenvalue weighted by atomic mass is 10.0. The molecule has 0 spiro atoms. The van der Waals surface area contributed by atoms with Gasteiger partial charge in [0, 0.05) is 12.8 Å². The Hall–Kier alpha value is -1.06. The minimum absolute atomic E-state index is 0.0174. The number of carbonyl (C=O) groups is 1. The Labute approximate surface area is 168 Å². The van der Waals surface area contributed by atoms with E-state index in [9.17, 15) is 4.79 Å². The van der Waals surface area contributed by atoms with Crippen molar-refractivity contribution in [2.45, 2.75) is 129 Å². The predicted molar refractivity (Wildman–Crippen MR) is 117 cm³/mol. The number of carbonyl (C=O) groups excluding carboxylic acids is 1. The van der Waals surface area contributed by atoms with Gasteiger partial charge in [0.05, 0.1) is 12.4 Å². The van der Waals surface area contributed by atoms with E-state index in [0.717, 1.165) is 18.7 Å². The highest BCUT2D eigenvalue weighted by molar-refractivity contribution is 5.85. The van der Waals surface area contributed by atoms with E-state index in [1.807, 2.05) is 0 Å². The lowest BCUT2D eigenvalue weighted by Gasteiger charge is -2.13. The van der Waals surface area contributed by atoms with Crippen molar-refractivity contribution < 1.29 is 4.79 Å². The van der Waals surface area contributed by atoms with Gasteiger partial charge in [-0.2, -0.15) is 0 Å². The molecule has 1 amide bonds. The van der Waals surface area contributed by atoms with E-state index < -0.39 is 0 Å². The number of amides is 1. The van der Waals surface area contributed by atoms with Crippen molar-refractivity contribution in [1.82, 2.24) is 10.6 Å². The van der Waals surface area contributed by atoms with Gasteiger partial charge in [0.15, 0.2) is 0 Å². The van der Waals surface area contributed by atoms with Crippen LogP contribution in [0.4, 0.5) is 0 Å². The number of unbranched alkanes of at least 4 members (excludes halogenated alkanes) is 14. The van der Waals surface area contributed by atoms with Gasteiger partial charge in [0.1, 0.15) is 6.17 Å². The zero-order valence-corrected chi connectivity index (χ0v) is 18.2. The number of nitrogens with zero attached hydrogens (tertiary/aromatic N) is 1. The van der Waals surface area contributed by atoms with Crippen LogP contribution in [-0.4, -0.2) is 24.5 Å². The second-order valence-electron chi connectivity index (χ2n) is 8.11. The normalized spacial score (nSPS) is 16.2. The summed E-state index contributed by atoms with van der Waals surface area (Å²) in [7, 11) is 0. The minimum atomic E-state index is 0.0174. The number of rotatable bonds is 18. The van der Waals surface area contributed by atoms with Crippen LogP contribution in [0, 0.1) is 0 Å². The first-order valence-electron chi connectivity index (χ1n) is 11.9. The maximum absolute atomic E-state index is 11.9. The molecular formula is C23H45N3O. The molecule has 0 bridgehead atoms. The van der Waals surface area contributed by atoms with Gasteiger partial charge < -0.3 is 10.6 Å². The first-order chi connectivity index (χ1) is 13.3. The van der Waals surface area contributed by atoms with E-state index in [-0.39, 0.29) is 12.1 Å². The molecule has 1 aliphatic rings. The maximum atomic E-state index is 11.9. The summed E-state index contributed by atoms with van der Waals surface area (Å²) in [5.41, 5.74) is 0. The lowest BCUT2D eigenvalue weighted by Crippen LogP contribution is -2.45.